The maximum atomic E-state index is 12.0. The maximum absolute atomic E-state index is 12.0. The molecule has 6 nitrogen and oxygen atoms in total. The summed E-state index contributed by atoms with van der Waals surface area (Å²) < 4.78 is 5.35. The third-order valence-corrected chi connectivity index (χ3v) is 3.50. The van der Waals surface area contributed by atoms with Gasteiger partial charge in [-0.1, -0.05) is 6.07 Å². The molecule has 0 radical (unpaired) electrons. The third kappa shape index (κ3) is 2.60. The molecule has 0 aliphatic carbocycles. The topological polar surface area (TPSA) is 70.7 Å². The number of benzene rings is 1. The minimum atomic E-state index is -0.353. The largest absolute Gasteiger partial charge is 0.368 e. The van der Waals surface area contributed by atoms with Crippen LogP contribution in [0.2, 0.25) is 0 Å². The van der Waals surface area contributed by atoms with Gasteiger partial charge in [-0.25, -0.2) is 4.79 Å². The highest BCUT2D eigenvalue weighted by Crippen LogP contribution is 2.22. The second-order valence-electron chi connectivity index (χ2n) is 4.92. The highest BCUT2D eigenvalue weighted by molar-refractivity contribution is 5.97. The number of nitrogens with zero attached hydrogens (tertiary/aromatic N) is 1. The predicted molar refractivity (Wildman–Crippen MR) is 74.8 cm³/mol. The number of nitrogens with one attached hydrogen (secondary N) is 2. The summed E-state index contributed by atoms with van der Waals surface area (Å²) in [6.45, 7) is 1.93. The van der Waals surface area contributed by atoms with Gasteiger partial charge in [-0.2, -0.15) is 0 Å². The number of urea groups is 1. The van der Waals surface area contributed by atoms with Crippen molar-refractivity contribution in [1.82, 2.24) is 5.32 Å². The van der Waals surface area contributed by atoms with Crippen molar-refractivity contribution < 1.29 is 14.3 Å². The van der Waals surface area contributed by atoms with Crippen LogP contribution in [-0.2, 0) is 9.53 Å². The molecule has 0 saturated carbocycles. The average molecular weight is 275 g/mol. The Bertz CT molecular complexity index is 526. The molecule has 106 valence electrons. The molecule has 0 aromatic heterocycles. The first kappa shape index (κ1) is 12.9. The van der Waals surface area contributed by atoms with Gasteiger partial charge < -0.3 is 15.4 Å². The zero-order valence-electron chi connectivity index (χ0n) is 11.1. The van der Waals surface area contributed by atoms with E-state index in [1.807, 2.05) is 18.2 Å². The first-order valence-electron chi connectivity index (χ1n) is 6.82. The van der Waals surface area contributed by atoms with Crippen LogP contribution in [0, 0.1) is 0 Å². The van der Waals surface area contributed by atoms with Crippen molar-refractivity contribution in [3.05, 3.63) is 24.3 Å². The van der Waals surface area contributed by atoms with E-state index in [0.717, 1.165) is 18.5 Å². The normalized spacial score (nSPS) is 21.9. The Labute approximate surface area is 117 Å². The summed E-state index contributed by atoms with van der Waals surface area (Å²) in [7, 11) is 0. The molecule has 2 saturated heterocycles. The number of hydrogen-bond acceptors (Lipinski definition) is 3. The molecule has 2 aliphatic rings. The third-order valence-electron chi connectivity index (χ3n) is 3.50. The second kappa shape index (κ2) is 5.50. The molecule has 2 N–H and O–H groups in total. The Hall–Kier alpha value is -2.08. The van der Waals surface area contributed by atoms with Crippen LogP contribution in [0.5, 0.6) is 0 Å². The lowest BCUT2D eigenvalue weighted by molar-refractivity contribution is -0.124. The Balaban J connectivity index is 1.70. The van der Waals surface area contributed by atoms with Crippen molar-refractivity contribution in [2.24, 2.45) is 0 Å². The fraction of sp³-hybridized carbons (Fsp3) is 0.429. The molecule has 6 heteroatoms. The lowest BCUT2D eigenvalue weighted by Crippen LogP contribution is -2.28. The van der Waals surface area contributed by atoms with Crippen molar-refractivity contribution in [3.8, 4) is 0 Å². The van der Waals surface area contributed by atoms with Gasteiger partial charge >= 0.3 is 6.03 Å². The molecule has 2 heterocycles. The molecular weight excluding hydrogens is 258 g/mol. The minimum Gasteiger partial charge on any atom is -0.368 e. The van der Waals surface area contributed by atoms with Crippen LogP contribution in [0.3, 0.4) is 0 Å². The van der Waals surface area contributed by atoms with E-state index in [0.29, 0.717) is 25.4 Å². The minimum absolute atomic E-state index is 0.104. The zero-order valence-corrected chi connectivity index (χ0v) is 11.1. The number of rotatable bonds is 3. The van der Waals surface area contributed by atoms with Crippen LogP contribution in [0.4, 0.5) is 16.2 Å². The summed E-state index contributed by atoms with van der Waals surface area (Å²) in [6.07, 6.45) is 1.33. The molecule has 0 spiro atoms. The van der Waals surface area contributed by atoms with Crippen LogP contribution in [0.1, 0.15) is 12.8 Å². The van der Waals surface area contributed by atoms with Gasteiger partial charge in [0.2, 0.25) is 0 Å². The van der Waals surface area contributed by atoms with Crippen LogP contribution in [0.25, 0.3) is 0 Å². The van der Waals surface area contributed by atoms with Gasteiger partial charge in [0.15, 0.2) is 0 Å². The summed E-state index contributed by atoms with van der Waals surface area (Å²) in [5.74, 6) is -0.120. The summed E-state index contributed by atoms with van der Waals surface area (Å²) in [5.41, 5.74) is 1.47. The van der Waals surface area contributed by atoms with Gasteiger partial charge in [0.1, 0.15) is 6.10 Å². The van der Waals surface area contributed by atoms with E-state index in [-0.39, 0.29) is 18.0 Å². The Morgan fingerprint density at radius 2 is 2.35 bits per heavy atom. The van der Waals surface area contributed by atoms with Crippen molar-refractivity contribution in [2.45, 2.75) is 18.9 Å². The van der Waals surface area contributed by atoms with Crippen molar-refractivity contribution >= 4 is 23.3 Å². The first-order chi connectivity index (χ1) is 9.74. The average Bonchev–Trinajstić information content (AvgIpc) is 3.10. The lowest BCUT2D eigenvalue weighted by atomic mass is 10.2. The SMILES string of the molecule is O=C(Nc1cccc(N2CCNC2=O)c1)[C@@H]1CCCO1. The van der Waals surface area contributed by atoms with Gasteiger partial charge in [0, 0.05) is 31.1 Å². The second-order valence-corrected chi connectivity index (χ2v) is 4.92. The van der Waals surface area contributed by atoms with Crippen molar-refractivity contribution in [1.29, 1.82) is 0 Å². The molecule has 3 amide bonds. The summed E-state index contributed by atoms with van der Waals surface area (Å²) in [6, 6.07) is 7.19. The van der Waals surface area contributed by atoms with Crippen LogP contribution in [-0.4, -0.2) is 37.7 Å². The number of ether oxygens (including phenoxy) is 1. The standard InChI is InChI=1S/C14H17N3O3/c18-13(12-5-2-8-20-12)16-10-3-1-4-11(9-10)17-7-6-15-14(17)19/h1,3-4,9,12H,2,5-8H2,(H,15,19)(H,16,18)/t12-/m0/s1. The molecular formula is C14H17N3O3. The van der Waals surface area contributed by atoms with E-state index < -0.39 is 0 Å². The Morgan fingerprint density at radius 1 is 1.45 bits per heavy atom. The van der Waals surface area contributed by atoms with Crippen molar-refractivity contribution in [2.75, 3.05) is 29.9 Å². The van der Waals surface area contributed by atoms with E-state index in [4.69, 9.17) is 4.74 Å². The number of amides is 3. The van der Waals surface area contributed by atoms with Gasteiger partial charge in [0.25, 0.3) is 5.91 Å². The smallest absolute Gasteiger partial charge is 0.321 e. The molecule has 2 aliphatic heterocycles. The number of carbonyl (C=O) groups excluding carboxylic acids is 2. The van der Waals surface area contributed by atoms with Crippen LogP contribution in [0.15, 0.2) is 24.3 Å². The molecule has 3 rings (SSSR count). The number of hydrogen-bond donors (Lipinski definition) is 2. The lowest BCUT2D eigenvalue weighted by Gasteiger charge is -2.16. The predicted octanol–water partition coefficient (Wildman–Crippen LogP) is 1.33. The number of anilines is 2. The maximum Gasteiger partial charge on any atom is 0.321 e. The van der Waals surface area contributed by atoms with Gasteiger partial charge in [-0.15, -0.1) is 0 Å². The number of carbonyl (C=O) groups is 2. The fourth-order valence-electron chi connectivity index (χ4n) is 2.48. The van der Waals surface area contributed by atoms with E-state index in [1.165, 1.54) is 0 Å². The molecule has 0 unspecified atom stereocenters. The van der Waals surface area contributed by atoms with Crippen LogP contribution < -0.4 is 15.5 Å². The highest BCUT2D eigenvalue weighted by atomic mass is 16.5. The van der Waals surface area contributed by atoms with Crippen LogP contribution >= 0.6 is 0 Å². The van der Waals surface area contributed by atoms with E-state index in [1.54, 1.807) is 11.0 Å². The first-order valence-corrected chi connectivity index (χ1v) is 6.82. The summed E-state index contributed by atoms with van der Waals surface area (Å²) in [4.78, 5) is 25.3. The quantitative estimate of drug-likeness (QED) is 0.874. The van der Waals surface area contributed by atoms with E-state index >= 15 is 0 Å². The van der Waals surface area contributed by atoms with E-state index in [9.17, 15) is 9.59 Å². The molecule has 2 fully saturated rings. The molecule has 1 atom stereocenters. The molecule has 20 heavy (non-hydrogen) atoms. The van der Waals surface area contributed by atoms with Gasteiger partial charge in [-0.05, 0) is 31.0 Å². The Morgan fingerprint density at radius 3 is 3.05 bits per heavy atom. The Kier molecular flexibility index (Phi) is 3.56. The zero-order chi connectivity index (χ0) is 13.9. The fourth-order valence-corrected chi connectivity index (χ4v) is 2.48. The van der Waals surface area contributed by atoms with Gasteiger partial charge in [0.05, 0.1) is 0 Å². The van der Waals surface area contributed by atoms with Gasteiger partial charge in [-0.3, -0.25) is 9.69 Å². The molecule has 1 aromatic carbocycles. The van der Waals surface area contributed by atoms with Crippen molar-refractivity contribution in [3.63, 3.8) is 0 Å². The molecule has 1 aromatic rings. The monoisotopic (exact) mass is 275 g/mol. The summed E-state index contributed by atoms with van der Waals surface area (Å²) in [5, 5.41) is 5.59. The summed E-state index contributed by atoms with van der Waals surface area (Å²) >= 11 is 0. The van der Waals surface area contributed by atoms with E-state index in [2.05, 4.69) is 10.6 Å². The molecule has 0 bridgehead atoms. The highest BCUT2D eigenvalue weighted by Gasteiger charge is 2.24.